The number of hydrogen-bond acceptors (Lipinski definition) is 3. The summed E-state index contributed by atoms with van der Waals surface area (Å²) in [6.07, 6.45) is 0.580. The standard InChI is InChI=1S/C14H21N3O2S/c1-10(2)20(18,19)17(4)9-8-13-15-12-7-5-6-11(3)14(12)16-13/h5-7,10H,8-9H2,1-4H3,(H,15,16). The van der Waals surface area contributed by atoms with Gasteiger partial charge in [-0.15, -0.1) is 0 Å². The van der Waals surface area contributed by atoms with Gasteiger partial charge in [0.25, 0.3) is 0 Å². The van der Waals surface area contributed by atoms with Crippen LogP contribution in [-0.2, 0) is 16.4 Å². The van der Waals surface area contributed by atoms with Crippen LogP contribution >= 0.6 is 0 Å². The van der Waals surface area contributed by atoms with E-state index < -0.39 is 15.3 Å². The SMILES string of the molecule is Cc1cccc2[nH]c(CCN(C)S(=O)(=O)C(C)C)nc12. The van der Waals surface area contributed by atoms with Gasteiger partial charge in [0, 0.05) is 20.0 Å². The van der Waals surface area contributed by atoms with E-state index in [9.17, 15) is 8.42 Å². The second-order valence-corrected chi connectivity index (χ2v) is 7.92. The van der Waals surface area contributed by atoms with Gasteiger partial charge in [-0.1, -0.05) is 12.1 Å². The van der Waals surface area contributed by atoms with Crippen molar-refractivity contribution in [1.29, 1.82) is 0 Å². The number of nitrogens with one attached hydrogen (secondary N) is 1. The number of benzene rings is 1. The molecule has 0 aliphatic heterocycles. The third kappa shape index (κ3) is 2.86. The van der Waals surface area contributed by atoms with Crippen molar-refractivity contribution in [3.63, 3.8) is 0 Å². The number of aromatic amines is 1. The third-order valence-electron chi connectivity index (χ3n) is 3.46. The minimum atomic E-state index is -3.19. The maximum Gasteiger partial charge on any atom is 0.216 e. The second kappa shape index (κ2) is 5.54. The van der Waals surface area contributed by atoms with Crippen molar-refractivity contribution in [2.45, 2.75) is 32.4 Å². The molecule has 0 amide bonds. The molecule has 0 atom stereocenters. The average Bonchev–Trinajstić information content (AvgIpc) is 2.80. The van der Waals surface area contributed by atoms with Crippen LogP contribution in [0.1, 0.15) is 25.2 Å². The molecule has 0 aliphatic rings. The monoisotopic (exact) mass is 295 g/mol. The Hall–Kier alpha value is -1.40. The zero-order valence-corrected chi connectivity index (χ0v) is 13.2. The zero-order valence-electron chi connectivity index (χ0n) is 12.3. The molecule has 1 N–H and O–H groups in total. The lowest BCUT2D eigenvalue weighted by Crippen LogP contribution is -2.34. The summed E-state index contributed by atoms with van der Waals surface area (Å²) in [4.78, 5) is 7.77. The molecule has 0 spiro atoms. The fourth-order valence-electron chi connectivity index (χ4n) is 2.10. The molecule has 0 radical (unpaired) electrons. The first-order valence-corrected chi connectivity index (χ1v) is 8.22. The molecule has 0 saturated heterocycles. The van der Waals surface area contributed by atoms with Crippen LogP contribution in [0.3, 0.4) is 0 Å². The van der Waals surface area contributed by atoms with Crippen molar-refractivity contribution < 1.29 is 8.42 Å². The Morgan fingerprint density at radius 1 is 1.35 bits per heavy atom. The van der Waals surface area contributed by atoms with Gasteiger partial charge in [0.15, 0.2) is 0 Å². The fourth-order valence-corrected chi connectivity index (χ4v) is 3.16. The summed E-state index contributed by atoms with van der Waals surface area (Å²) >= 11 is 0. The zero-order chi connectivity index (χ0) is 14.9. The molecule has 0 aliphatic carbocycles. The van der Waals surface area contributed by atoms with Crippen LogP contribution in [0.15, 0.2) is 18.2 Å². The quantitative estimate of drug-likeness (QED) is 0.918. The van der Waals surface area contributed by atoms with E-state index in [2.05, 4.69) is 9.97 Å². The molecule has 1 heterocycles. The Labute approximate surface area is 120 Å². The van der Waals surface area contributed by atoms with Gasteiger partial charge in [-0.3, -0.25) is 0 Å². The number of H-pyrrole nitrogens is 1. The topological polar surface area (TPSA) is 66.1 Å². The minimum Gasteiger partial charge on any atom is -0.342 e. The molecule has 110 valence electrons. The molecule has 0 saturated carbocycles. The first-order valence-electron chi connectivity index (χ1n) is 6.71. The molecule has 1 aromatic heterocycles. The Balaban J connectivity index is 2.12. The number of para-hydroxylation sites is 1. The van der Waals surface area contributed by atoms with Gasteiger partial charge in [0.05, 0.1) is 16.3 Å². The van der Waals surface area contributed by atoms with Crippen molar-refractivity contribution in [3.05, 3.63) is 29.6 Å². The maximum absolute atomic E-state index is 12.0. The molecule has 20 heavy (non-hydrogen) atoms. The van der Waals surface area contributed by atoms with Crippen molar-refractivity contribution in [2.24, 2.45) is 0 Å². The largest absolute Gasteiger partial charge is 0.342 e. The van der Waals surface area contributed by atoms with Crippen LogP contribution in [0.4, 0.5) is 0 Å². The lowest BCUT2D eigenvalue weighted by molar-refractivity contribution is 0.463. The molecular formula is C14H21N3O2S. The van der Waals surface area contributed by atoms with E-state index >= 15 is 0 Å². The lowest BCUT2D eigenvalue weighted by Gasteiger charge is -2.18. The third-order valence-corrected chi connectivity index (χ3v) is 5.70. The number of sulfonamides is 1. The van der Waals surface area contributed by atoms with E-state index in [0.29, 0.717) is 13.0 Å². The number of hydrogen-bond donors (Lipinski definition) is 1. The summed E-state index contributed by atoms with van der Waals surface area (Å²) in [5.41, 5.74) is 3.07. The predicted molar refractivity (Wildman–Crippen MR) is 81.2 cm³/mol. The summed E-state index contributed by atoms with van der Waals surface area (Å²) in [7, 11) is -1.58. The summed E-state index contributed by atoms with van der Waals surface area (Å²) in [6, 6.07) is 5.98. The Kier molecular flexibility index (Phi) is 4.15. The number of likely N-dealkylation sites (N-methyl/N-ethyl adjacent to an activating group) is 1. The number of fused-ring (bicyclic) bond motifs is 1. The Morgan fingerprint density at radius 2 is 2.05 bits per heavy atom. The molecule has 1 aromatic carbocycles. The molecule has 0 unspecified atom stereocenters. The lowest BCUT2D eigenvalue weighted by atomic mass is 10.2. The van der Waals surface area contributed by atoms with E-state index in [4.69, 9.17) is 0 Å². The van der Waals surface area contributed by atoms with Gasteiger partial charge in [0.2, 0.25) is 10.0 Å². The number of nitrogens with zero attached hydrogens (tertiary/aromatic N) is 2. The average molecular weight is 295 g/mol. The number of aromatic nitrogens is 2. The van der Waals surface area contributed by atoms with E-state index in [0.717, 1.165) is 22.4 Å². The molecule has 6 heteroatoms. The molecule has 2 rings (SSSR count). The van der Waals surface area contributed by atoms with E-state index in [1.54, 1.807) is 20.9 Å². The summed E-state index contributed by atoms with van der Waals surface area (Å²) in [5.74, 6) is 0.820. The number of rotatable bonds is 5. The Bertz CT molecular complexity index is 704. The minimum absolute atomic E-state index is 0.398. The predicted octanol–water partition coefficient (Wildman–Crippen LogP) is 2.08. The number of aryl methyl sites for hydroxylation is 1. The first-order chi connectivity index (χ1) is 9.32. The van der Waals surface area contributed by atoms with Crippen LogP contribution in [0.25, 0.3) is 11.0 Å². The van der Waals surface area contributed by atoms with E-state index in [1.165, 1.54) is 4.31 Å². The Morgan fingerprint density at radius 3 is 2.65 bits per heavy atom. The highest BCUT2D eigenvalue weighted by molar-refractivity contribution is 7.89. The van der Waals surface area contributed by atoms with Gasteiger partial charge >= 0.3 is 0 Å². The van der Waals surface area contributed by atoms with Crippen LogP contribution in [0.2, 0.25) is 0 Å². The first kappa shape index (κ1) is 15.0. The second-order valence-electron chi connectivity index (χ2n) is 5.32. The summed E-state index contributed by atoms with van der Waals surface area (Å²) in [5, 5.41) is -0.398. The fraction of sp³-hybridized carbons (Fsp3) is 0.500. The van der Waals surface area contributed by atoms with Crippen molar-refractivity contribution >= 4 is 21.1 Å². The highest BCUT2D eigenvalue weighted by Crippen LogP contribution is 2.16. The van der Waals surface area contributed by atoms with Crippen LogP contribution in [-0.4, -0.2) is 41.5 Å². The molecular weight excluding hydrogens is 274 g/mol. The number of imidazole rings is 1. The summed E-state index contributed by atoms with van der Waals surface area (Å²) in [6.45, 7) is 5.83. The van der Waals surface area contributed by atoms with Gasteiger partial charge in [0.1, 0.15) is 5.82 Å². The van der Waals surface area contributed by atoms with Gasteiger partial charge < -0.3 is 4.98 Å². The van der Waals surface area contributed by atoms with Gasteiger partial charge in [-0.25, -0.2) is 17.7 Å². The van der Waals surface area contributed by atoms with Gasteiger partial charge in [-0.2, -0.15) is 0 Å². The van der Waals surface area contributed by atoms with E-state index in [1.807, 2.05) is 25.1 Å². The van der Waals surface area contributed by atoms with Crippen molar-refractivity contribution in [1.82, 2.24) is 14.3 Å². The highest BCUT2D eigenvalue weighted by atomic mass is 32.2. The van der Waals surface area contributed by atoms with Gasteiger partial charge in [-0.05, 0) is 32.4 Å². The summed E-state index contributed by atoms with van der Waals surface area (Å²) < 4.78 is 25.3. The van der Waals surface area contributed by atoms with Crippen molar-refractivity contribution in [3.8, 4) is 0 Å². The molecule has 2 aromatic rings. The molecule has 5 nitrogen and oxygen atoms in total. The van der Waals surface area contributed by atoms with Crippen LogP contribution in [0, 0.1) is 6.92 Å². The maximum atomic E-state index is 12.0. The smallest absolute Gasteiger partial charge is 0.216 e. The molecule has 0 bridgehead atoms. The van der Waals surface area contributed by atoms with Crippen LogP contribution in [0.5, 0.6) is 0 Å². The highest BCUT2D eigenvalue weighted by Gasteiger charge is 2.22. The molecule has 0 fully saturated rings. The van der Waals surface area contributed by atoms with Crippen LogP contribution < -0.4 is 0 Å². The van der Waals surface area contributed by atoms with E-state index in [-0.39, 0.29) is 0 Å². The van der Waals surface area contributed by atoms with Crippen molar-refractivity contribution in [2.75, 3.05) is 13.6 Å². The normalized spacial score (nSPS) is 12.7.